The van der Waals surface area contributed by atoms with Gasteiger partial charge in [0.25, 0.3) is 5.89 Å². The van der Waals surface area contributed by atoms with E-state index in [1.165, 1.54) is 12.1 Å². The van der Waals surface area contributed by atoms with Crippen molar-refractivity contribution in [3.05, 3.63) is 69.5 Å². The highest BCUT2D eigenvalue weighted by molar-refractivity contribution is 6.35. The van der Waals surface area contributed by atoms with Crippen molar-refractivity contribution in [2.24, 2.45) is 0 Å². The molecule has 0 radical (unpaired) electrons. The van der Waals surface area contributed by atoms with Crippen LogP contribution in [0.4, 0.5) is 0 Å². The maximum absolute atomic E-state index is 12.1. The first-order valence-electron chi connectivity index (χ1n) is 7.05. The van der Waals surface area contributed by atoms with Crippen molar-refractivity contribution in [3.63, 3.8) is 0 Å². The highest BCUT2D eigenvalue weighted by Gasteiger charge is 2.16. The largest absolute Gasteiger partial charge is 0.452 e. The molecule has 0 spiro atoms. The van der Waals surface area contributed by atoms with E-state index in [9.17, 15) is 4.79 Å². The second kappa shape index (κ2) is 7.03. The van der Waals surface area contributed by atoms with Crippen LogP contribution < -0.4 is 0 Å². The van der Waals surface area contributed by atoms with Crippen LogP contribution in [0, 0.1) is 6.92 Å². The van der Waals surface area contributed by atoms with Crippen molar-refractivity contribution in [1.29, 1.82) is 0 Å². The van der Waals surface area contributed by atoms with Gasteiger partial charge in [0.15, 0.2) is 6.61 Å². The highest BCUT2D eigenvalue weighted by atomic mass is 35.5. The van der Waals surface area contributed by atoms with Gasteiger partial charge in [-0.1, -0.05) is 52.6 Å². The van der Waals surface area contributed by atoms with Crippen LogP contribution in [0.5, 0.6) is 0 Å². The molecule has 0 aliphatic heterocycles. The molecule has 0 amide bonds. The third-order valence-corrected chi connectivity index (χ3v) is 3.89. The van der Waals surface area contributed by atoms with Gasteiger partial charge in [-0.2, -0.15) is 4.98 Å². The quantitative estimate of drug-likeness (QED) is 0.628. The molecule has 0 saturated carbocycles. The van der Waals surface area contributed by atoms with E-state index in [4.69, 9.17) is 32.5 Å². The summed E-state index contributed by atoms with van der Waals surface area (Å²) in [5.41, 5.74) is 2.06. The molecule has 2 aromatic carbocycles. The van der Waals surface area contributed by atoms with Gasteiger partial charge in [-0.15, -0.1) is 0 Å². The average molecular weight is 363 g/mol. The fraction of sp³-hybridized carbons (Fsp3) is 0.118. The Bertz CT molecular complexity index is 893. The lowest BCUT2D eigenvalue weighted by atomic mass is 10.1. The lowest BCUT2D eigenvalue weighted by Crippen LogP contribution is -2.06. The molecule has 1 heterocycles. The summed E-state index contributed by atoms with van der Waals surface area (Å²) in [6, 6.07) is 12.2. The molecule has 3 rings (SSSR count). The number of carbonyl (C=O) groups excluding carboxylic acids is 1. The second-order valence-corrected chi connectivity index (χ2v) is 5.87. The number of esters is 1. The minimum Gasteiger partial charge on any atom is -0.452 e. The zero-order chi connectivity index (χ0) is 17.1. The van der Waals surface area contributed by atoms with Gasteiger partial charge in [0.05, 0.1) is 10.6 Å². The summed E-state index contributed by atoms with van der Waals surface area (Å²) in [6.45, 7) is 1.80. The van der Waals surface area contributed by atoms with E-state index in [1.54, 1.807) is 6.07 Å². The third-order valence-electron chi connectivity index (χ3n) is 3.33. The van der Waals surface area contributed by atoms with Crippen LogP contribution in [0.3, 0.4) is 0 Å². The zero-order valence-electron chi connectivity index (χ0n) is 12.6. The minimum absolute atomic E-state index is 0.152. The SMILES string of the molecule is Cc1ccccc1-c1noc(COC(=O)c2cc(Cl)ccc2Cl)n1. The average Bonchev–Trinajstić information content (AvgIpc) is 3.04. The number of aryl methyl sites for hydroxylation is 1. The van der Waals surface area contributed by atoms with E-state index < -0.39 is 5.97 Å². The maximum atomic E-state index is 12.1. The van der Waals surface area contributed by atoms with Crippen LogP contribution >= 0.6 is 23.2 Å². The predicted molar refractivity (Wildman–Crippen MR) is 90.1 cm³/mol. The van der Waals surface area contributed by atoms with E-state index in [-0.39, 0.29) is 23.1 Å². The molecular weight excluding hydrogens is 351 g/mol. The van der Waals surface area contributed by atoms with E-state index in [0.717, 1.165) is 11.1 Å². The number of nitrogens with zero attached hydrogens (tertiary/aromatic N) is 2. The number of aromatic nitrogens is 2. The van der Waals surface area contributed by atoms with E-state index >= 15 is 0 Å². The summed E-state index contributed by atoms with van der Waals surface area (Å²) in [5.74, 6) is 0.0258. The molecule has 0 saturated heterocycles. The molecule has 0 N–H and O–H groups in total. The summed E-state index contributed by atoms with van der Waals surface area (Å²) in [6.07, 6.45) is 0. The Balaban J connectivity index is 1.71. The third kappa shape index (κ3) is 3.58. The molecule has 0 aliphatic carbocycles. The lowest BCUT2D eigenvalue weighted by Gasteiger charge is -2.04. The Morgan fingerprint density at radius 3 is 2.79 bits per heavy atom. The van der Waals surface area contributed by atoms with Crippen molar-refractivity contribution in [2.75, 3.05) is 0 Å². The first kappa shape index (κ1) is 16.5. The standard InChI is InChI=1S/C17H12Cl2N2O3/c1-10-4-2-3-5-12(10)16-20-15(24-21-16)9-23-17(22)13-8-11(18)6-7-14(13)19/h2-8H,9H2,1H3. The van der Waals surface area contributed by atoms with Crippen LogP contribution in [-0.4, -0.2) is 16.1 Å². The van der Waals surface area contributed by atoms with E-state index in [0.29, 0.717) is 10.8 Å². The predicted octanol–water partition coefficient (Wildman–Crippen LogP) is 4.71. The summed E-state index contributed by atoms with van der Waals surface area (Å²) in [7, 11) is 0. The topological polar surface area (TPSA) is 65.2 Å². The monoisotopic (exact) mass is 362 g/mol. The van der Waals surface area contributed by atoms with Gasteiger partial charge in [0.2, 0.25) is 5.82 Å². The number of carbonyl (C=O) groups is 1. The van der Waals surface area contributed by atoms with Gasteiger partial charge in [0, 0.05) is 10.6 Å². The van der Waals surface area contributed by atoms with Crippen molar-refractivity contribution in [1.82, 2.24) is 10.1 Å². The fourth-order valence-electron chi connectivity index (χ4n) is 2.11. The molecule has 1 aromatic heterocycles. The van der Waals surface area contributed by atoms with Crippen molar-refractivity contribution in [3.8, 4) is 11.4 Å². The normalized spacial score (nSPS) is 10.6. The molecule has 3 aromatic rings. The number of rotatable bonds is 4. The number of hydrogen-bond acceptors (Lipinski definition) is 5. The fourth-order valence-corrected chi connectivity index (χ4v) is 2.47. The smallest absolute Gasteiger partial charge is 0.340 e. The van der Waals surface area contributed by atoms with Gasteiger partial charge in [-0.05, 0) is 30.7 Å². The lowest BCUT2D eigenvalue weighted by molar-refractivity contribution is 0.0430. The van der Waals surface area contributed by atoms with Crippen LogP contribution in [0.15, 0.2) is 47.0 Å². The molecule has 122 valence electrons. The van der Waals surface area contributed by atoms with Gasteiger partial charge < -0.3 is 9.26 Å². The summed E-state index contributed by atoms with van der Waals surface area (Å²) in [5, 5.41) is 4.56. The van der Waals surface area contributed by atoms with Crippen LogP contribution in [0.25, 0.3) is 11.4 Å². The minimum atomic E-state index is -0.613. The first-order valence-corrected chi connectivity index (χ1v) is 7.81. The molecule has 0 fully saturated rings. The van der Waals surface area contributed by atoms with E-state index in [2.05, 4.69) is 10.1 Å². The van der Waals surface area contributed by atoms with Crippen LogP contribution in [0.1, 0.15) is 21.8 Å². The molecule has 7 heteroatoms. The van der Waals surface area contributed by atoms with Gasteiger partial charge in [-0.3, -0.25) is 0 Å². The zero-order valence-corrected chi connectivity index (χ0v) is 14.1. The van der Waals surface area contributed by atoms with Gasteiger partial charge in [0.1, 0.15) is 0 Å². The summed E-state index contributed by atoms with van der Waals surface area (Å²) in [4.78, 5) is 16.3. The molecule has 5 nitrogen and oxygen atoms in total. The summed E-state index contributed by atoms with van der Waals surface area (Å²) >= 11 is 11.8. The molecule has 0 unspecified atom stereocenters. The first-order chi connectivity index (χ1) is 11.5. The van der Waals surface area contributed by atoms with Gasteiger partial charge in [-0.25, -0.2) is 4.79 Å². The van der Waals surface area contributed by atoms with Crippen molar-refractivity contribution in [2.45, 2.75) is 13.5 Å². The Kier molecular flexibility index (Phi) is 4.83. The molecular formula is C17H12Cl2N2O3. The Labute approximate surface area is 148 Å². The van der Waals surface area contributed by atoms with E-state index in [1.807, 2.05) is 31.2 Å². The molecule has 24 heavy (non-hydrogen) atoms. The second-order valence-electron chi connectivity index (χ2n) is 5.03. The molecule has 0 atom stereocenters. The van der Waals surface area contributed by atoms with Crippen molar-refractivity contribution >= 4 is 29.2 Å². The Morgan fingerprint density at radius 2 is 2.00 bits per heavy atom. The molecule has 0 aliphatic rings. The van der Waals surface area contributed by atoms with Crippen LogP contribution in [0.2, 0.25) is 10.0 Å². The maximum Gasteiger partial charge on any atom is 0.340 e. The Hall–Kier alpha value is -2.37. The summed E-state index contributed by atoms with van der Waals surface area (Å²) < 4.78 is 10.3. The number of halogens is 2. The number of hydrogen-bond donors (Lipinski definition) is 0. The highest BCUT2D eigenvalue weighted by Crippen LogP contribution is 2.23. The van der Waals surface area contributed by atoms with Crippen LogP contribution in [-0.2, 0) is 11.3 Å². The van der Waals surface area contributed by atoms with Crippen molar-refractivity contribution < 1.29 is 14.1 Å². The molecule has 0 bridgehead atoms. The van der Waals surface area contributed by atoms with Gasteiger partial charge >= 0.3 is 5.97 Å². The number of ether oxygens (including phenoxy) is 1. The number of benzene rings is 2. The Morgan fingerprint density at radius 1 is 1.21 bits per heavy atom.